The van der Waals surface area contributed by atoms with Gasteiger partial charge in [-0.15, -0.1) is 0 Å². The smallest absolute Gasteiger partial charge is 0.187 e. The maximum Gasteiger partial charge on any atom is 0.187 e. The van der Waals surface area contributed by atoms with E-state index in [4.69, 9.17) is 14.6 Å². The highest BCUT2D eigenvalue weighted by Crippen LogP contribution is 2.23. The fraction of sp³-hybridized carbons (Fsp3) is 1.00. The van der Waals surface area contributed by atoms with Crippen LogP contribution >= 0.6 is 22.6 Å². The van der Waals surface area contributed by atoms with E-state index >= 15 is 0 Å². The van der Waals surface area contributed by atoms with Crippen molar-refractivity contribution < 1.29 is 29.9 Å². The van der Waals surface area contributed by atoms with Crippen molar-refractivity contribution in [2.24, 2.45) is 0 Å². The first-order valence-electron chi connectivity index (χ1n) is 4.57. The summed E-state index contributed by atoms with van der Waals surface area (Å²) in [5.74, 6) is 0. The lowest BCUT2D eigenvalue weighted by Crippen LogP contribution is -2.59. The third kappa shape index (κ3) is 3.22. The maximum absolute atomic E-state index is 9.53. The molecule has 90 valence electrons. The van der Waals surface area contributed by atoms with Crippen LogP contribution in [-0.4, -0.2) is 61.8 Å². The molecule has 6 nitrogen and oxygen atoms in total. The molecule has 15 heavy (non-hydrogen) atoms. The minimum Gasteiger partial charge on any atom is -0.394 e. The molecule has 1 heterocycles. The second-order valence-corrected chi connectivity index (χ2v) is 5.13. The third-order valence-corrected chi connectivity index (χ3v) is 2.46. The second-order valence-electron chi connectivity index (χ2n) is 3.38. The molecule has 0 aromatic rings. The van der Waals surface area contributed by atoms with Gasteiger partial charge in [0, 0.05) is 0 Å². The first-order chi connectivity index (χ1) is 6.97. The van der Waals surface area contributed by atoms with Crippen LogP contribution in [0.4, 0.5) is 0 Å². The molecule has 0 aromatic heterocycles. The molecule has 1 aliphatic rings. The molecule has 2 unspecified atom stereocenters. The normalized spacial score (nSPS) is 44.0. The lowest BCUT2D eigenvalue weighted by Gasteiger charge is -2.39. The van der Waals surface area contributed by atoms with Gasteiger partial charge in [-0.2, -0.15) is 0 Å². The summed E-state index contributed by atoms with van der Waals surface area (Å²) >= 11 is 1.97. The summed E-state index contributed by atoms with van der Waals surface area (Å²) in [5, 5.41) is 37.3. The number of alkyl halides is 1. The molecule has 1 aliphatic heterocycles. The molecule has 0 spiro atoms. The van der Waals surface area contributed by atoms with Gasteiger partial charge in [0.05, 0.1) is 6.61 Å². The molecule has 1 saturated heterocycles. The van der Waals surface area contributed by atoms with Crippen LogP contribution in [0.25, 0.3) is 0 Å². The molecular weight excluding hydrogens is 316 g/mol. The molecule has 1 fully saturated rings. The first-order valence-corrected chi connectivity index (χ1v) is 5.82. The predicted molar refractivity (Wildman–Crippen MR) is 58.3 cm³/mol. The number of hydrogen-bond donors (Lipinski definition) is 4. The van der Waals surface area contributed by atoms with Gasteiger partial charge in [0.1, 0.15) is 28.5 Å². The van der Waals surface area contributed by atoms with Gasteiger partial charge < -0.3 is 29.9 Å². The van der Waals surface area contributed by atoms with Crippen LogP contribution in [0.1, 0.15) is 6.92 Å². The monoisotopic (exact) mass is 331 g/mol. The van der Waals surface area contributed by atoms with Gasteiger partial charge in [-0.05, 0) is 6.92 Å². The van der Waals surface area contributed by atoms with Gasteiger partial charge in [0.15, 0.2) is 6.29 Å². The Morgan fingerprint density at radius 3 is 2.33 bits per heavy atom. The van der Waals surface area contributed by atoms with E-state index in [1.165, 1.54) is 0 Å². The molecule has 6 atom stereocenters. The SMILES string of the molecule is CC([124I])OC1O[C@H](CO)[C@H](O)[C@H](O)[C@H]1O. The Balaban J connectivity index is 2.65. The standard InChI is InChI=1S/C8H15IO6/c1-3(9)14-8-7(13)6(12)5(11)4(2-10)15-8/h3-8,10-13H,2H2,1H3/t3?,4-,5+,6+,7-,8?/m1/s1/i9-3. The van der Waals surface area contributed by atoms with Gasteiger partial charge in [0.25, 0.3) is 0 Å². The highest BCUT2D eigenvalue weighted by Gasteiger charge is 2.44. The van der Waals surface area contributed by atoms with Crippen molar-refractivity contribution in [3.63, 3.8) is 0 Å². The third-order valence-electron chi connectivity index (χ3n) is 2.17. The van der Waals surface area contributed by atoms with E-state index in [9.17, 15) is 15.3 Å². The highest BCUT2D eigenvalue weighted by molar-refractivity contribution is 14.1. The van der Waals surface area contributed by atoms with Crippen molar-refractivity contribution in [1.82, 2.24) is 0 Å². The average Bonchev–Trinajstić information content (AvgIpc) is 2.18. The zero-order valence-electron chi connectivity index (χ0n) is 8.15. The Kier molecular flexibility index (Phi) is 5.16. The molecule has 0 amide bonds. The molecular formula is C8H15IO6. The zero-order chi connectivity index (χ0) is 11.6. The van der Waals surface area contributed by atoms with Crippen molar-refractivity contribution in [3.05, 3.63) is 0 Å². The molecule has 0 bridgehead atoms. The summed E-state index contributed by atoms with van der Waals surface area (Å²) in [7, 11) is 0. The van der Waals surface area contributed by atoms with E-state index in [1.54, 1.807) is 6.92 Å². The van der Waals surface area contributed by atoms with Crippen LogP contribution in [0.2, 0.25) is 0 Å². The lowest BCUT2D eigenvalue weighted by molar-refractivity contribution is -0.301. The van der Waals surface area contributed by atoms with Crippen molar-refractivity contribution in [3.8, 4) is 0 Å². The van der Waals surface area contributed by atoms with Crippen molar-refractivity contribution in [2.45, 2.75) is 41.7 Å². The lowest BCUT2D eigenvalue weighted by atomic mass is 9.99. The second kappa shape index (κ2) is 5.71. The summed E-state index contributed by atoms with van der Waals surface area (Å²) in [4.78, 5) is 0. The first kappa shape index (κ1) is 13.6. The molecule has 0 aliphatic carbocycles. The fourth-order valence-electron chi connectivity index (χ4n) is 1.36. The van der Waals surface area contributed by atoms with Crippen LogP contribution in [0.15, 0.2) is 0 Å². The van der Waals surface area contributed by atoms with Gasteiger partial charge in [-0.3, -0.25) is 0 Å². The van der Waals surface area contributed by atoms with Crippen LogP contribution in [0.3, 0.4) is 0 Å². The van der Waals surface area contributed by atoms with Gasteiger partial charge in [0.2, 0.25) is 0 Å². The minimum absolute atomic E-state index is 0.218. The average molecular weight is 331 g/mol. The molecule has 0 radical (unpaired) electrons. The molecule has 1 rings (SSSR count). The van der Waals surface area contributed by atoms with Gasteiger partial charge >= 0.3 is 0 Å². The highest BCUT2D eigenvalue weighted by atomic mass is 124. The van der Waals surface area contributed by atoms with Crippen LogP contribution in [0.5, 0.6) is 0 Å². The number of ether oxygens (including phenoxy) is 2. The maximum atomic E-state index is 9.53. The number of aliphatic hydroxyl groups is 4. The summed E-state index contributed by atoms with van der Waals surface area (Å²) in [6, 6.07) is 0. The quantitative estimate of drug-likeness (QED) is 0.374. The van der Waals surface area contributed by atoms with E-state index in [0.717, 1.165) is 0 Å². The van der Waals surface area contributed by atoms with Gasteiger partial charge in [-0.1, -0.05) is 22.6 Å². The molecule has 4 N–H and O–H groups in total. The number of aliphatic hydroxyl groups excluding tert-OH is 4. The Morgan fingerprint density at radius 1 is 1.27 bits per heavy atom. The largest absolute Gasteiger partial charge is 0.394 e. The van der Waals surface area contributed by atoms with E-state index in [2.05, 4.69) is 0 Å². The predicted octanol–water partition coefficient (Wildman–Crippen LogP) is -1.42. The Hall–Kier alpha value is 0.490. The minimum atomic E-state index is -1.38. The number of halogens is 1. The van der Waals surface area contributed by atoms with E-state index in [-0.39, 0.29) is 4.11 Å². The van der Waals surface area contributed by atoms with E-state index in [1.807, 2.05) is 22.6 Å². The Labute approximate surface area is 101 Å². The fourth-order valence-corrected chi connectivity index (χ4v) is 1.65. The van der Waals surface area contributed by atoms with E-state index < -0.39 is 37.3 Å². The summed E-state index contributed by atoms with van der Waals surface area (Å²) in [5.41, 5.74) is 0. The van der Waals surface area contributed by atoms with Crippen LogP contribution in [0, 0.1) is 0 Å². The van der Waals surface area contributed by atoms with Crippen molar-refractivity contribution >= 4 is 22.6 Å². The van der Waals surface area contributed by atoms with Crippen LogP contribution in [-0.2, 0) is 9.47 Å². The number of rotatable bonds is 3. The molecule has 0 saturated carbocycles. The summed E-state index contributed by atoms with van der Waals surface area (Å²) in [6.07, 6.45) is -5.98. The molecule has 7 heteroatoms. The summed E-state index contributed by atoms with van der Waals surface area (Å²) in [6.45, 7) is 1.29. The number of hydrogen-bond acceptors (Lipinski definition) is 6. The van der Waals surface area contributed by atoms with Crippen molar-refractivity contribution in [2.75, 3.05) is 6.61 Å². The van der Waals surface area contributed by atoms with Crippen molar-refractivity contribution in [1.29, 1.82) is 0 Å². The Morgan fingerprint density at radius 2 is 1.87 bits per heavy atom. The topological polar surface area (TPSA) is 99.4 Å². The van der Waals surface area contributed by atoms with Gasteiger partial charge in [-0.25, -0.2) is 0 Å². The zero-order valence-corrected chi connectivity index (χ0v) is 10.3. The van der Waals surface area contributed by atoms with E-state index in [0.29, 0.717) is 0 Å². The Bertz CT molecular complexity index is 200. The summed E-state index contributed by atoms with van der Waals surface area (Å²) < 4.78 is 10.1. The van der Waals surface area contributed by atoms with Crippen LogP contribution < -0.4 is 0 Å². The molecule has 0 aromatic carbocycles.